The van der Waals surface area contributed by atoms with E-state index >= 15 is 0 Å². The van der Waals surface area contributed by atoms with Gasteiger partial charge in [0.05, 0.1) is 23.0 Å². The molecule has 1 amide bonds. The molecule has 0 saturated carbocycles. The van der Waals surface area contributed by atoms with Crippen LogP contribution in [0.2, 0.25) is 0 Å². The number of halogens is 1. The number of nitrogens with one attached hydrogen (secondary N) is 2. The lowest BCUT2D eigenvalue weighted by Gasteiger charge is -2.20. The van der Waals surface area contributed by atoms with Crippen LogP contribution in [0, 0.1) is 0 Å². The second-order valence-electron chi connectivity index (χ2n) is 6.22. The van der Waals surface area contributed by atoms with Gasteiger partial charge in [-0.25, -0.2) is 4.68 Å². The first kappa shape index (κ1) is 18.3. The number of H-pyrrole nitrogens is 1. The first-order valence-corrected chi connectivity index (χ1v) is 9.43. The Morgan fingerprint density at radius 1 is 1.11 bits per heavy atom. The third-order valence-corrected chi connectivity index (χ3v) is 5.01. The summed E-state index contributed by atoms with van der Waals surface area (Å²) in [6, 6.07) is 9.98. The minimum absolute atomic E-state index is 0.00900. The number of benzene rings is 2. The van der Waals surface area contributed by atoms with E-state index in [0.717, 1.165) is 4.68 Å². The Labute approximate surface area is 167 Å². The Kier molecular flexibility index (Phi) is 4.91. The number of amides is 1. The zero-order valence-electron chi connectivity index (χ0n) is 14.7. The molecule has 2 heterocycles. The average Bonchev–Trinajstić information content (AvgIpc) is 2.70. The van der Waals surface area contributed by atoms with Crippen molar-refractivity contribution in [2.45, 2.75) is 13.0 Å². The van der Waals surface area contributed by atoms with Gasteiger partial charge in [0, 0.05) is 23.0 Å². The molecule has 0 bridgehead atoms. The first-order valence-electron chi connectivity index (χ1n) is 8.64. The fraction of sp³-hybridized carbons (Fsp3) is 0.211. The molecule has 1 aliphatic heterocycles. The van der Waals surface area contributed by atoms with Crippen molar-refractivity contribution in [3.63, 3.8) is 0 Å². The largest absolute Gasteiger partial charge is 0.486 e. The van der Waals surface area contributed by atoms with E-state index < -0.39 is 0 Å². The van der Waals surface area contributed by atoms with Crippen LogP contribution in [0.4, 0.5) is 5.69 Å². The zero-order valence-corrected chi connectivity index (χ0v) is 16.2. The summed E-state index contributed by atoms with van der Waals surface area (Å²) in [7, 11) is 0. The maximum atomic E-state index is 12.5. The maximum absolute atomic E-state index is 12.5. The second kappa shape index (κ2) is 7.51. The van der Waals surface area contributed by atoms with Crippen LogP contribution in [0.25, 0.3) is 10.8 Å². The smallest absolute Gasteiger partial charge is 0.273 e. The van der Waals surface area contributed by atoms with Gasteiger partial charge in [-0.3, -0.25) is 19.5 Å². The van der Waals surface area contributed by atoms with Gasteiger partial charge in [-0.1, -0.05) is 12.1 Å². The standard InChI is InChI=1S/C19H16BrN3O5/c20-13-9-15-16(28-8-7-27-15)10-14(13)21-17(24)5-6-23-19(26)12-4-2-1-3-11(12)18(25)22-23/h1-4,9-10H,5-8H2,(H,21,24)(H,22,25). The molecule has 0 radical (unpaired) electrons. The summed E-state index contributed by atoms with van der Waals surface area (Å²) in [6.45, 7) is 0.969. The molecule has 1 aliphatic rings. The molecule has 0 saturated heterocycles. The summed E-state index contributed by atoms with van der Waals surface area (Å²) in [6.07, 6.45) is 0.00900. The SMILES string of the molecule is O=C(CCn1[nH]c(=O)c2ccccc2c1=O)Nc1cc2c(cc1Br)OCCO2. The molecule has 9 heteroatoms. The molecule has 0 fully saturated rings. The van der Waals surface area contributed by atoms with Gasteiger partial charge in [0.25, 0.3) is 11.1 Å². The van der Waals surface area contributed by atoms with Crippen molar-refractivity contribution >= 4 is 38.3 Å². The number of aromatic nitrogens is 2. The topological polar surface area (TPSA) is 102 Å². The summed E-state index contributed by atoms with van der Waals surface area (Å²) in [5, 5.41) is 5.93. The van der Waals surface area contributed by atoms with Crippen molar-refractivity contribution in [1.29, 1.82) is 0 Å². The number of fused-ring (bicyclic) bond motifs is 2. The van der Waals surface area contributed by atoms with E-state index in [1.807, 2.05) is 0 Å². The number of hydrogen-bond donors (Lipinski definition) is 2. The van der Waals surface area contributed by atoms with Crippen molar-refractivity contribution in [1.82, 2.24) is 9.78 Å². The predicted molar refractivity (Wildman–Crippen MR) is 107 cm³/mol. The third-order valence-electron chi connectivity index (χ3n) is 4.35. The van der Waals surface area contributed by atoms with Crippen molar-refractivity contribution in [2.24, 2.45) is 0 Å². The zero-order chi connectivity index (χ0) is 19.7. The summed E-state index contributed by atoms with van der Waals surface area (Å²) in [5.41, 5.74) is -0.178. The molecular weight excluding hydrogens is 430 g/mol. The van der Waals surface area contributed by atoms with Crippen LogP contribution in [0.3, 0.4) is 0 Å². The Balaban J connectivity index is 1.50. The molecule has 0 spiro atoms. The van der Waals surface area contributed by atoms with Crippen LogP contribution in [-0.4, -0.2) is 28.9 Å². The highest BCUT2D eigenvalue weighted by atomic mass is 79.9. The van der Waals surface area contributed by atoms with E-state index in [1.165, 1.54) is 0 Å². The molecule has 144 valence electrons. The number of carbonyl (C=O) groups is 1. The highest BCUT2D eigenvalue weighted by Gasteiger charge is 2.16. The third kappa shape index (κ3) is 3.53. The number of nitrogens with zero attached hydrogens (tertiary/aromatic N) is 1. The van der Waals surface area contributed by atoms with Gasteiger partial charge in [-0.2, -0.15) is 0 Å². The Morgan fingerprint density at radius 2 is 1.79 bits per heavy atom. The van der Waals surface area contributed by atoms with Gasteiger partial charge in [0.1, 0.15) is 13.2 Å². The Hall–Kier alpha value is -3.07. The fourth-order valence-corrected chi connectivity index (χ4v) is 3.41. The van der Waals surface area contributed by atoms with Gasteiger partial charge < -0.3 is 14.8 Å². The second-order valence-corrected chi connectivity index (χ2v) is 7.07. The van der Waals surface area contributed by atoms with Crippen LogP contribution < -0.4 is 25.9 Å². The molecule has 0 atom stereocenters. The van der Waals surface area contributed by atoms with E-state index in [2.05, 4.69) is 26.3 Å². The van der Waals surface area contributed by atoms with Crippen molar-refractivity contribution in [3.05, 3.63) is 61.6 Å². The Bertz CT molecular complexity index is 1180. The van der Waals surface area contributed by atoms with Crippen LogP contribution in [0.5, 0.6) is 11.5 Å². The van der Waals surface area contributed by atoms with Gasteiger partial charge >= 0.3 is 0 Å². The molecule has 2 aromatic carbocycles. The van der Waals surface area contributed by atoms with Crippen LogP contribution in [0.15, 0.2) is 50.5 Å². The molecule has 1 aromatic heterocycles. The number of rotatable bonds is 4. The lowest BCUT2D eigenvalue weighted by atomic mass is 10.2. The van der Waals surface area contributed by atoms with Crippen LogP contribution >= 0.6 is 15.9 Å². The molecule has 8 nitrogen and oxygen atoms in total. The summed E-state index contributed by atoms with van der Waals surface area (Å²) >= 11 is 3.40. The van der Waals surface area contributed by atoms with E-state index in [1.54, 1.807) is 36.4 Å². The number of aryl methyl sites for hydroxylation is 1. The number of carbonyl (C=O) groups excluding carboxylic acids is 1. The highest BCUT2D eigenvalue weighted by molar-refractivity contribution is 9.10. The number of hydrogen-bond acceptors (Lipinski definition) is 5. The van der Waals surface area contributed by atoms with Crippen molar-refractivity contribution in [3.8, 4) is 11.5 Å². The molecule has 4 rings (SSSR count). The van der Waals surface area contributed by atoms with Gasteiger partial charge in [0.15, 0.2) is 11.5 Å². The maximum Gasteiger partial charge on any atom is 0.273 e. The van der Waals surface area contributed by atoms with Gasteiger partial charge in [0.2, 0.25) is 5.91 Å². The van der Waals surface area contributed by atoms with E-state index in [4.69, 9.17) is 9.47 Å². The Morgan fingerprint density at radius 3 is 2.54 bits per heavy atom. The first-order chi connectivity index (χ1) is 13.5. The quantitative estimate of drug-likeness (QED) is 0.640. The number of ether oxygens (including phenoxy) is 2. The predicted octanol–water partition coefficient (Wildman–Crippen LogP) is 2.25. The fourth-order valence-electron chi connectivity index (χ4n) is 2.99. The molecule has 3 aromatic rings. The molecule has 0 aliphatic carbocycles. The minimum atomic E-state index is -0.370. The summed E-state index contributed by atoms with van der Waals surface area (Å²) in [4.78, 5) is 37.0. The van der Waals surface area contributed by atoms with Crippen molar-refractivity contribution < 1.29 is 14.3 Å². The molecule has 0 unspecified atom stereocenters. The van der Waals surface area contributed by atoms with Gasteiger partial charge in [-0.05, 0) is 28.1 Å². The highest BCUT2D eigenvalue weighted by Crippen LogP contribution is 2.38. The summed E-state index contributed by atoms with van der Waals surface area (Å²) < 4.78 is 12.8. The lowest BCUT2D eigenvalue weighted by molar-refractivity contribution is -0.116. The lowest BCUT2D eigenvalue weighted by Crippen LogP contribution is -2.31. The van der Waals surface area contributed by atoms with E-state index in [9.17, 15) is 14.4 Å². The van der Waals surface area contributed by atoms with Gasteiger partial charge in [-0.15, -0.1) is 0 Å². The van der Waals surface area contributed by atoms with Crippen LogP contribution in [0.1, 0.15) is 6.42 Å². The van der Waals surface area contributed by atoms with E-state index in [-0.39, 0.29) is 30.0 Å². The number of aromatic amines is 1. The van der Waals surface area contributed by atoms with Crippen LogP contribution in [-0.2, 0) is 11.3 Å². The number of anilines is 1. The normalized spacial score (nSPS) is 12.8. The molecular formula is C19H16BrN3O5. The minimum Gasteiger partial charge on any atom is -0.486 e. The van der Waals surface area contributed by atoms with E-state index in [0.29, 0.717) is 45.6 Å². The molecule has 28 heavy (non-hydrogen) atoms. The monoisotopic (exact) mass is 445 g/mol. The molecule has 2 N–H and O–H groups in total. The van der Waals surface area contributed by atoms with Crippen molar-refractivity contribution in [2.75, 3.05) is 18.5 Å². The average molecular weight is 446 g/mol. The summed E-state index contributed by atoms with van der Waals surface area (Å²) in [5.74, 6) is 0.856.